The van der Waals surface area contributed by atoms with Crippen molar-refractivity contribution < 1.29 is 85.6 Å². The lowest BCUT2D eigenvalue weighted by Gasteiger charge is -2.54. The Morgan fingerprint density at radius 3 is 0.373 bits per heavy atom. The molecule has 18 nitrogen and oxygen atoms in total. The number of hydrogen-bond donors (Lipinski definition) is 0. The maximum atomic E-state index is 13.7. The molecule has 0 aromatic rings. The summed E-state index contributed by atoms with van der Waals surface area (Å²) in [5.41, 5.74) is -0.665. The van der Waals surface area contributed by atoms with Gasteiger partial charge in [-0.1, -0.05) is 125 Å². The second-order valence-electron chi connectivity index (χ2n) is 39.9. The number of ether oxygens (including phenoxy) is 12. The minimum Gasteiger partial charge on any atom is -0.467 e. The molecule has 12 bridgehead atoms. The van der Waals surface area contributed by atoms with Crippen LogP contribution in [-0.2, 0) is 85.6 Å². The first-order valence-corrected chi connectivity index (χ1v) is 39.6. The van der Waals surface area contributed by atoms with E-state index in [0.717, 1.165) is 116 Å². The molecule has 12 atom stereocenters. The van der Waals surface area contributed by atoms with Crippen molar-refractivity contribution >= 4 is 35.8 Å². The molecule has 12 unspecified atom stereocenters. The van der Waals surface area contributed by atoms with Gasteiger partial charge in [-0.25, -0.2) is 28.8 Å². The molecule has 102 heavy (non-hydrogen) atoms. The first-order valence-electron chi connectivity index (χ1n) is 39.6. The van der Waals surface area contributed by atoms with Crippen LogP contribution >= 0.6 is 0 Å². The average Bonchev–Trinajstić information content (AvgIpc) is 0.766. The first-order chi connectivity index (χ1) is 47.5. The molecular formula is C84H144O18. The van der Waals surface area contributed by atoms with Crippen molar-refractivity contribution in [1.82, 2.24) is 0 Å². The van der Waals surface area contributed by atoms with E-state index in [4.69, 9.17) is 56.8 Å². The molecule has 7 aliphatic rings. The van der Waals surface area contributed by atoms with Crippen LogP contribution in [0.5, 0.6) is 0 Å². The number of carbonyl (C=O) groups is 6. The Morgan fingerprint density at radius 1 is 0.196 bits per heavy atom. The number of hydrogen-bond acceptors (Lipinski definition) is 18. The molecule has 7 fully saturated rings. The van der Waals surface area contributed by atoms with Gasteiger partial charge in [-0.2, -0.15) is 0 Å². The maximum Gasteiger partial charge on any atom is 0.331 e. The lowest BCUT2D eigenvalue weighted by molar-refractivity contribution is -0.169. The van der Waals surface area contributed by atoms with Crippen molar-refractivity contribution in [3.8, 4) is 0 Å². The molecule has 0 N–H and O–H groups in total. The van der Waals surface area contributed by atoms with Crippen LogP contribution in [0, 0.1) is 139 Å². The number of esters is 6. The molecule has 7 aliphatic carbocycles. The van der Waals surface area contributed by atoms with Crippen molar-refractivity contribution in [1.29, 1.82) is 0 Å². The van der Waals surface area contributed by atoms with E-state index in [-0.39, 0.29) is 215 Å². The third-order valence-corrected chi connectivity index (χ3v) is 27.3. The Bertz CT molecular complexity index is 2150. The monoisotopic (exact) mass is 1440 g/mol. The summed E-state index contributed by atoms with van der Waals surface area (Å²) in [6, 6.07) is 0. The molecule has 0 spiro atoms. The van der Waals surface area contributed by atoms with E-state index in [1.807, 2.05) is 0 Å². The van der Waals surface area contributed by atoms with Gasteiger partial charge in [0.05, 0.1) is 79.3 Å². The van der Waals surface area contributed by atoms with Crippen LogP contribution in [0.4, 0.5) is 0 Å². The fourth-order valence-corrected chi connectivity index (χ4v) is 21.2. The molecule has 7 saturated carbocycles. The minimum absolute atomic E-state index is 0.0451. The van der Waals surface area contributed by atoms with Gasteiger partial charge in [-0.05, 0) is 255 Å². The lowest BCUT2D eigenvalue weighted by atomic mass is 9.54. The maximum absolute atomic E-state index is 13.7. The van der Waals surface area contributed by atoms with Gasteiger partial charge < -0.3 is 56.8 Å². The van der Waals surface area contributed by atoms with Crippen LogP contribution < -0.4 is 0 Å². The quantitative estimate of drug-likeness (QED) is 0.0921. The summed E-state index contributed by atoms with van der Waals surface area (Å²) in [6.45, 7) is 41.2. The zero-order valence-corrected chi connectivity index (χ0v) is 68.2. The molecule has 18 heteroatoms. The molecule has 0 heterocycles. The van der Waals surface area contributed by atoms with Gasteiger partial charge in [0, 0.05) is 0 Å². The molecule has 0 saturated heterocycles. The SMILES string of the molecule is COC(=O)COC1C2CC3CC(C(C)(C)C)CC(CC4CC(C(C)(C)C)CC(CC5CC(C(C)(C)C)CC(CC6CC(C(C)(C)C)CC(CC7CC(C(C)(C)C)CC(CC1CC(C(C)(C)C)C2)C7OCC(=O)OC)C6OCC(=O)OC)C5OCC(=O)OC)C4OCC(=O)OC)C3OCC(=O)OC. The van der Waals surface area contributed by atoms with E-state index in [9.17, 15) is 28.8 Å². The summed E-state index contributed by atoms with van der Waals surface area (Å²) in [6.07, 6.45) is 12.3. The Morgan fingerprint density at radius 2 is 0.294 bits per heavy atom. The summed E-state index contributed by atoms with van der Waals surface area (Å²) in [4.78, 5) is 82.0. The van der Waals surface area contributed by atoms with Gasteiger partial charge in [-0.3, -0.25) is 0 Å². The molecule has 7 rings (SSSR count). The van der Waals surface area contributed by atoms with Crippen LogP contribution in [-0.4, -0.2) is 155 Å². The first kappa shape index (κ1) is 85.8. The van der Waals surface area contributed by atoms with Crippen LogP contribution in [0.3, 0.4) is 0 Å². The summed E-state index contributed by atoms with van der Waals surface area (Å²) in [5.74, 6) is -1.61. The van der Waals surface area contributed by atoms with E-state index < -0.39 is 35.8 Å². The number of carbonyl (C=O) groups excluding carboxylic acids is 6. The Hall–Kier alpha value is -3.42. The number of rotatable bonds is 18. The van der Waals surface area contributed by atoms with E-state index >= 15 is 0 Å². The third-order valence-electron chi connectivity index (χ3n) is 27.3. The summed E-state index contributed by atoms with van der Waals surface area (Å²) in [7, 11) is 8.49. The van der Waals surface area contributed by atoms with Crippen molar-refractivity contribution in [3.63, 3.8) is 0 Å². The smallest absolute Gasteiger partial charge is 0.331 e. The van der Waals surface area contributed by atoms with Gasteiger partial charge in [0.1, 0.15) is 39.6 Å². The predicted molar refractivity (Wildman–Crippen MR) is 393 cm³/mol. The van der Waals surface area contributed by atoms with Crippen molar-refractivity contribution in [3.05, 3.63) is 0 Å². The van der Waals surface area contributed by atoms with Gasteiger partial charge in [-0.15, -0.1) is 0 Å². The fraction of sp³-hybridized carbons (Fsp3) is 0.929. The largest absolute Gasteiger partial charge is 0.467 e. The van der Waals surface area contributed by atoms with E-state index in [1.54, 1.807) is 0 Å². The molecule has 0 aromatic carbocycles. The van der Waals surface area contributed by atoms with Gasteiger partial charge in [0.15, 0.2) is 0 Å². The van der Waals surface area contributed by atoms with Gasteiger partial charge in [0.25, 0.3) is 0 Å². The highest BCUT2D eigenvalue weighted by Gasteiger charge is 2.56. The summed E-state index contributed by atoms with van der Waals surface area (Å²) >= 11 is 0. The predicted octanol–water partition coefficient (Wildman–Crippen LogP) is 15.8. The van der Waals surface area contributed by atoms with Crippen molar-refractivity contribution in [2.45, 2.75) is 277 Å². The summed E-state index contributed by atoms with van der Waals surface area (Å²) in [5, 5.41) is 0. The van der Waals surface area contributed by atoms with Gasteiger partial charge >= 0.3 is 35.8 Å². The van der Waals surface area contributed by atoms with Crippen LogP contribution in [0.25, 0.3) is 0 Å². The Kier molecular flexibility index (Phi) is 30.5. The highest BCUT2D eigenvalue weighted by Crippen LogP contribution is 2.59. The second-order valence-corrected chi connectivity index (χ2v) is 39.9. The highest BCUT2D eigenvalue weighted by molar-refractivity contribution is 5.72. The minimum atomic E-state index is -0.437. The third kappa shape index (κ3) is 23.3. The van der Waals surface area contributed by atoms with Crippen molar-refractivity contribution in [2.24, 2.45) is 139 Å². The summed E-state index contributed by atoms with van der Waals surface area (Å²) < 4.78 is 75.8. The standard InChI is InChI=1S/C84H144O18/c1-79(2,3)61-31-49-25-51-33-62(80(4,5)6)35-53(74(51)98-44-68(86)92-20)27-55-37-64(82(10,11)12)39-57(76(55)100-46-70(88)94-22)29-59-41-66(84(16,17)18)42-60(78(59)102-48-72(90)96-24)30-58-40-65(83(13,14)15)38-56(77(58)101-47-71(89)95-23)28-54-36-63(81(7,8)9)34-52(75(54)99-45-69(87)93-21)26-50(32-61)73(49)97-43-67(85)91-19/h49-66,73-78H,25-48H2,1-24H3. The van der Waals surface area contributed by atoms with Gasteiger partial charge in [0.2, 0.25) is 0 Å². The second kappa shape index (κ2) is 36.2. The Balaban J connectivity index is 1.55. The topological polar surface area (TPSA) is 213 Å². The van der Waals surface area contributed by atoms with Crippen LogP contribution in [0.15, 0.2) is 0 Å². The molecular weight excluding hydrogens is 1300 g/mol. The van der Waals surface area contributed by atoms with E-state index in [2.05, 4.69) is 125 Å². The fourth-order valence-electron chi connectivity index (χ4n) is 21.2. The van der Waals surface area contributed by atoms with E-state index in [1.165, 1.54) is 42.7 Å². The van der Waals surface area contributed by atoms with Crippen LogP contribution in [0.2, 0.25) is 0 Å². The van der Waals surface area contributed by atoms with Crippen LogP contribution in [0.1, 0.15) is 240 Å². The molecule has 0 amide bonds. The number of methoxy groups -OCH3 is 6. The molecule has 0 aliphatic heterocycles. The average molecular weight is 1440 g/mol. The molecule has 588 valence electrons. The molecule has 0 aromatic heterocycles. The number of fused-ring (bicyclic) bond motifs is 12. The zero-order chi connectivity index (χ0) is 75.8. The van der Waals surface area contributed by atoms with E-state index in [0.29, 0.717) is 0 Å². The van der Waals surface area contributed by atoms with Crippen molar-refractivity contribution in [2.75, 3.05) is 82.3 Å². The zero-order valence-electron chi connectivity index (χ0n) is 68.2. The Labute approximate surface area is 616 Å². The normalized spacial score (nSPS) is 36.2. The lowest BCUT2D eigenvalue weighted by Crippen LogP contribution is -2.52. The highest BCUT2D eigenvalue weighted by atomic mass is 16.6. The molecule has 0 radical (unpaired) electrons.